The van der Waals surface area contributed by atoms with Crippen molar-refractivity contribution in [1.29, 1.82) is 0 Å². The first kappa shape index (κ1) is 27.8. The third-order valence-corrected chi connectivity index (χ3v) is 11.3. The van der Waals surface area contributed by atoms with Crippen LogP contribution in [0.15, 0.2) is 176 Å². The van der Waals surface area contributed by atoms with Crippen molar-refractivity contribution < 1.29 is 0 Å². The highest BCUT2D eigenvalue weighted by Gasteiger charge is 2.23. The second kappa shape index (κ2) is 10.3. The summed E-state index contributed by atoms with van der Waals surface area (Å²) < 4.78 is 4.85. The first-order valence-electron chi connectivity index (χ1n) is 17.9. The highest BCUT2D eigenvalue weighted by atomic mass is 15.0. The van der Waals surface area contributed by atoms with Crippen LogP contribution in [0, 0.1) is 0 Å². The first-order chi connectivity index (χ1) is 25.8. The van der Waals surface area contributed by atoms with Gasteiger partial charge in [0.05, 0.1) is 22.1 Å². The van der Waals surface area contributed by atoms with E-state index in [1.54, 1.807) is 0 Å². The minimum atomic E-state index is 1.16. The number of rotatable bonds is 3. The van der Waals surface area contributed by atoms with Gasteiger partial charge in [0.15, 0.2) is 0 Å². The smallest absolute Gasteiger partial charge is 0.0547 e. The van der Waals surface area contributed by atoms with Crippen molar-refractivity contribution in [3.63, 3.8) is 0 Å². The van der Waals surface area contributed by atoms with Gasteiger partial charge in [-0.05, 0) is 116 Å². The molecule has 0 atom stereocenters. The molecule has 3 heteroatoms. The highest BCUT2D eigenvalue weighted by Crippen LogP contribution is 2.48. The van der Waals surface area contributed by atoms with Crippen LogP contribution >= 0.6 is 0 Å². The number of pyridine rings is 1. The number of nitrogens with zero attached hydrogens (tertiary/aromatic N) is 3. The standard InChI is InChI=1S/C49H29N3/c1-2-11-34(12-3-1)51-46-21-19-32(27-42(46)49-36-13-5-4-9-30(36)17-22-47(49)51)31-18-20-45-40(26-31)38-14-6-7-16-44(38)52(45)35-25-33-10-8-15-39-37-23-24-50-29-43(37)41(28-35)48(33)39/h1-29H. The molecule has 1 aliphatic carbocycles. The zero-order valence-electron chi connectivity index (χ0n) is 28.1. The number of para-hydroxylation sites is 2. The third-order valence-electron chi connectivity index (χ3n) is 11.3. The summed E-state index contributed by atoms with van der Waals surface area (Å²) in [6.45, 7) is 0. The minimum absolute atomic E-state index is 1.16. The fourth-order valence-electron chi connectivity index (χ4n) is 9.08. The number of benzene rings is 8. The molecule has 52 heavy (non-hydrogen) atoms. The van der Waals surface area contributed by atoms with E-state index >= 15 is 0 Å². The maximum Gasteiger partial charge on any atom is 0.0547 e. The van der Waals surface area contributed by atoms with Gasteiger partial charge in [0.25, 0.3) is 0 Å². The van der Waals surface area contributed by atoms with E-state index in [-0.39, 0.29) is 0 Å². The van der Waals surface area contributed by atoms with Gasteiger partial charge in [-0.25, -0.2) is 0 Å². The van der Waals surface area contributed by atoms with E-state index in [1.807, 2.05) is 12.4 Å². The Labute approximate surface area is 299 Å². The van der Waals surface area contributed by atoms with Gasteiger partial charge < -0.3 is 9.13 Å². The van der Waals surface area contributed by atoms with Crippen LogP contribution in [0.1, 0.15) is 0 Å². The molecule has 0 saturated heterocycles. The number of aromatic nitrogens is 3. The molecule has 0 amide bonds. The number of hydrogen-bond acceptors (Lipinski definition) is 1. The van der Waals surface area contributed by atoms with E-state index in [9.17, 15) is 0 Å². The van der Waals surface area contributed by atoms with Crippen molar-refractivity contribution >= 4 is 65.2 Å². The molecule has 240 valence electrons. The van der Waals surface area contributed by atoms with Gasteiger partial charge in [0.1, 0.15) is 0 Å². The van der Waals surface area contributed by atoms with Crippen LogP contribution in [0.3, 0.4) is 0 Å². The van der Waals surface area contributed by atoms with Crippen molar-refractivity contribution in [3.05, 3.63) is 176 Å². The molecule has 8 aromatic carbocycles. The second-order valence-corrected chi connectivity index (χ2v) is 14.0. The summed E-state index contributed by atoms with van der Waals surface area (Å²) in [6, 6.07) is 60.3. The van der Waals surface area contributed by atoms with E-state index in [2.05, 4.69) is 178 Å². The molecule has 0 fully saturated rings. The molecule has 0 spiro atoms. The van der Waals surface area contributed by atoms with Crippen molar-refractivity contribution in [2.75, 3.05) is 0 Å². The molecule has 0 aliphatic heterocycles. The van der Waals surface area contributed by atoms with Gasteiger partial charge in [0, 0.05) is 50.9 Å². The Kier molecular flexibility index (Phi) is 5.50. The summed E-state index contributed by atoms with van der Waals surface area (Å²) in [7, 11) is 0. The Balaban J connectivity index is 1.09. The Morgan fingerprint density at radius 2 is 1.04 bits per heavy atom. The summed E-state index contributed by atoms with van der Waals surface area (Å²) in [6.07, 6.45) is 3.92. The first-order valence-corrected chi connectivity index (χ1v) is 17.9. The average Bonchev–Trinajstić information content (AvgIpc) is 3.84. The van der Waals surface area contributed by atoms with Crippen LogP contribution in [-0.4, -0.2) is 14.1 Å². The topological polar surface area (TPSA) is 22.8 Å². The van der Waals surface area contributed by atoms with Crippen LogP contribution in [0.4, 0.5) is 0 Å². The Morgan fingerprint density at radius 1 is 0.346 bits per heavy atom. The van der Waals surface area contributed by atoms with Crippen molar-refractivity contribution in [3.8, 4) is 44.8 Å². The van der Waals surface area contributed by atoms with Gasteiger partial charge in [-0.15, -0.1) is 0 Å². The maximum absolute atomic E-state index is 4.52. The van der Waals surface area contributed by atoms with E-state index < -0.39 is 0 Å². The van der Waals surface area contributed by atoms with Crippen molar-refractivity contribution in [1.82, 2.24) is 14.1 Å². The molecule has 0 N–H and O–H groups in total. The molecule has 3 aromatic heterocycles. The SMILES string of the molecule is c1ccc(-n2c3ccc(-c4ccc5c(c4)c4ccccc4n5-c4cc5c6c(cccc6c4)-c4ccncc4-5)cc3c3c4ccccc4ccc32)cc1. The predicted molar refractivity (Wildman–Crippen MR) is 218 cm³/mol. The Morgan fingerprint density at radius 3 is 1.92 bits per heavy atom. The summed E-state index contributed by atoms with van der Waals surface area (Å²) >= 11 is 0. The van der Waals surface area contributed by atoms with Crippen molar-refractivity contribution in [2.24, 2.45) is 0 Å². The number of fused-ring (bicyclic) bond motifs is 11. The fraction of sp³-hybridized carbons (Fsp3) is 0. The van der Waals surface area contributed by atoms with Crippen LogP contribution in [-0.2, 0) is 0 Å². The zero-order valence-corrected chi connectivity index (χ0v) is 28.1. The van der Waals surface area contributed by atoms with Crippen molar-refractivity contribution in [2.45, 2.75) is 0 Å². The number of hydrogen-bond donors (Lipinski definition) is 0. The van der Waals surface area contributed by atoms with Crippen LogP contribution in [0.5, 0.6) is 0 Å². The molecule has 0 radical (unpaired) electrons. The molecule has 3 nitrogen and oxygen atoms in total. The fourth-order valence-corrected chi connectivity index (χ4v) is 9.08. The molecule has 0 bridgehead atoms. The molecule has 12 rings (SSSR count). The molecule has 0 unspecified atom stereocenters. The predicted octanol–water partition coefficient (Wildman–Crippen LogP) is 12.9. The van der Waals surface area contributed by atoms with Crippen LogP contribution in [0.25, 0.3) is 110 Å². The van der Waals surface area contributed by atoms with E-state index in [4.69, 9.17) is 0 Å². The second-order valence-electron chi connectivity index (χ2n) is 14.0. The normalized spacial score (nSPS) is 12.2. The summed E-state index contributed by atoms with van der Waals surface area (Å²) in [5, 5.41) is 10.1. The van der Waals surface area contributed by atoms with E-state index in [1.165, 1.54) is 104 Å². The molecule has 3 heterocycles. The van der Waals surface area contributed by atoms with Gasteiger partial charge in [-0.2, -0.15) is 0 Å². The largest absolute Gasteiger partial charge is 0.309 e. The molecule has 11 aromatic rings. The molecular formula is C49H29N3. The maximum atomic E-state index is 4.52. The monoisotopic (exact) mass is 659 g/mol. The quantitative estimate of drug-likeness (QED) is 0.185. The lowest BCUT2D eigenvalue weighted by Crippen LogP contribution is -1.95. The van der Waals surface area contributed by atoms with E-state index in [0.717, 1.165) is 5.69 Å². The summed E-state index contributed by atoms with van der Waals surface area (Å²) in [4.78, 5) is 4.52. The molecule has 1 aliphatic rings. The Bertz CT molecular complexity index is 3290. The zero-order chi connectivity index (χ0) is 33.9. The average molecular weight is 660 g/mol. The lowest BCUT2D eigenvalue weighted by molar-refractivity contribution is 1.18. The van der Waals surface area contributed by atoms with Crippen LogP contribution in [0.2, 0.25) is 0 Å². The lowest BCUT2D eigenvalue weighted by Gasteiger charge is -2.12. The van der Waals surface area contributed by atoms with E-state index in [0.29, 0.717) is 0 Å². The highest BCUT2D eigenvalue weighted by molar-refractivity contribution is 6.22. The molecule has 0 saturated carbocycles. The summed E-state index contributed by atoms with van der Waals surface area (Å²) in [5.74, 6) is 0. The third kappa shape index (κ3) is 3.72. The minimum Gasteiger partial charge on any atom is -0.309 e. The lowest BCUT2D eigenvalue weighted by atomic mass is 9.99. The van der Waals surface area contributed by atoms with Gasteiger partial charge in [-0.3, -0.25) is 4.98 Å². The Hall–Kier alpha value is -6.97. The van der Waals surface area contributed by atoms with Gasteiger partial charge in [0.2, 0.25) is 0 Å². The molecular weight excluding hydrogens is 631 g/mol. The van der Waals surface area contributed by atoms with Crippen LogP contribution < -0.4 is 0 Å². The van der Waals surface area contributed by atoms with Gasteiger partial charge in [-0.1, -0.05) is 97.1 Å². The van der Waals surface area contributed by atoms with Gasteiger partial charge >= 0.3 is 0 Å². The summed E-state index contributed by atoms with van der Waals surface area (Å²) in [5.41, 5.74) is 14.6.